The summed E-state index contributed by atoms with van der Waals surface area (Å²) in [5, 5.41) is 2.83. The summed E-state index contributed by atoms with van der Waals surface area (Å²) in [5.74, 6) is 1.44. The first-order valence-corrected chi connectivity index (χ1v) is 11.3. The zero-order valence-electron chi connectivity index (χ0n) is 17.8. The number of carbonyl (C=O) groups excluding carboxylic acids is 1. The summed E-state index contributed by atoms with van der Waals surface area (Å²) in [6.45, 7) is 4.36. The molecule has 0 aromatic heterocycles. The summed E-state index contributed by atoms with van der Waals surface area (Å²) < 4.78 is 40.8. The fourth-order valence-corrected chi connectivity index (χ4v) is 3.12. The van der Waals surface area contributed by atoms with Gasteiger partial charge in [-0.3, -0.25) is 9.10 Å². The molecule has 0 aliphatic heterocycles. The average molecular weight is 437 g/mol. The number of methoxy groups -OCH3 is 1. The number of sulfonamides is 1. The lowest BCUT2D eigenvalue weighted by Gasteiger charge is -2.18. The van der Waals surface area contributed by atoms with Crippen LogP contribution in [0.3, 0.4) is 0 Å². The lowest BCUT2D eigenvalue weighted by Crippen LogP contribution is -2.35. The average Bonchev–Trinajstić information content (AvgIpc) is 2.71. The van der Waals surface area contributed by atoms with Gasteiger partial charge in [0.05, 0.1) is 25.7 Å². The van der Waals surface area contributed by atoms with Crippen molar-refractivity contribution in [2.75, 3.05) is 31.3 Å². The Hall–Kier alpha value is -2.94. The number of benzene rings is 2. The molecule has 1 atom stereocenters. The second-order valence-electron chi connectivity index (χ2n) is 6.62. The van der Waals surface area contributed by atoms with Crippen LogP contribution in [0, 0.1) is 0 Å². The summed E-state index contributed by atoms with van der Waals surface area (Å²) in [6.07, 6.45) is 0.400. The SMILES string of the molecule is CCOc1cc(CNC(=O)C(C)Oc2ccc(N(C)S(C)(=O)=O)cc2)ccc1OC. The van der Waals surface area contributed by atoms with Gasteiger partial charge in [-0.1, -0.05) is 6.07 Å². The molecule has 8 nitrogen and oxygen atoms in total. The van der Waals surface area contributed by atoms with Crippen molar-refractivity contribution >= 4 is 21.6 Å². The molecule has 0 heterocycles. The van der Waals surface area contributed by atoms with Crippen LogP contribution >= 0.6 is 0 Å². The molecule has 0 aliphatic rings. The van der Waals surface area contributed by atoms with Crippen molar-refractivity contribution in [3.8, 4) is 17.2 Å². The van der Waals surface area contributed by atoms with Crippen molar-refractivity contribution in [2.24, 2.45) is 0 Å². The van der Waals surface area contributed by atoms with Crippen LogP contribution in [0.25, 0.3) is 0 Å². The van der Waals surface area contributed by atoms with Crippen molar-refractivity contribution in [1.82, 2.24) is 5.32 Å². The molecule has 0 saturated heterocycles. The summed E-state index contributed by atoms with van der Waals surface area (Å²) in [6, 6.07) is 12.0. The number of amides is 1. The Morgan fingerprint density at radius 1 is 1.13 bits per heavy atom. The van der Waals surface area contributed by atoms with Crippen LogP contribution in [0.2, 0.25) is 0 Å². The van der Waals surface area contributed by atoms with E-state index in [9.17, 15) is 13.2 Å². The van der Waals surface area contributed by atoms with Gasteiger partial charge in [-0.15, -0.1) is 0 Å². The molecule has 2 aromatic carbocycles. The third kappa shape index (κ3) is 6.28. The largest absolute Gasteiger partial charge is 0.493 e. The van der Waals surface area contributed by atoms with Crippen LogP contribution in [-0.2, 0) is 21.4 Å². The molecular formula is C21H28N2O6S. The smallest absolute Gasteiger partial charge is 0.261 e. The van der Waals surface area contributed by atoms with Crippen LogP contribution in [0.5, 0.6) is 17.2 Å². The third-order valence-corrected chi connectivity index (χ3v) is 5.58. The van der Waals surface area contributed by atoms with Crippen LogP contribution in [0.15, 0.2) is 42.5 Å². The van der Waals surface area contributed by atoms with Crippen LogP contribution < -0.4 is 23.8 Å². The monoisotopic (exact) mass is 436 g/mol. The van der Waals surface area contributed by atoms with Gasteiger partial charge in [0.15, 0.2) is 17.6 Å². The molecule has 2 aromatic rings. The highest BCUT2D eigenvalue weighted by atomic mass is 32.2. The molecule has 30 heavy (non-hydrogen) atoms. The maximum absolute atomic E-state index is 12.4. The lowest BCUT2D eigenvalue weighted by molar-refractivity contribution is -0.127. The van der Waals surface area contributed by atoms with Gasteiger partial charge in [-0.25, -0.2) is 8.42 Å². The molecule has 0 aliphatic carbocycles. The molecule has 0 bridgehead atoms. The van der Waals surface area contributed by atoms with E-state index in [0.717, 1.165) is 16.1 Å². The minimum atomic E-state index is -3.34. The van der Waals surface area contributed by atoms with Crippen LogP contribution in [-0.4, -0.2) is 47.4 Å². The Morgan fingerprint density at radius 2 is 1.80 bits per heavy atom. The van der Waals surface area contributed by atoms with E-state index in [1.807, 2.05) is 19.1 Å². The van der Waals surface area contributed by atoms with Crippen LogP contribution in [0.1, 0.15) is 19.4 Å². The van der Waals surface area contributed by atoms with Gasteiger partial charge >= 0.3 is 0 Å². The van der Waals surface area contributed by atoms with E-state index in [4.69, 9.17) is 14.2 Å². The molecule has 1 amide bonds. The number of rotatable bonds is 10. The first-order chi connectivity index (χ1) is 14.2. The molecule has 0 radical (unpaired) electrons. The molecular weight excluding hydrogens is 408 g/mol. The Bertz CT molecular complexity index is 960. The number of nitrogens with zero attached hydrogens (tertiary/aromatic N) is 1. The second-order valence-corrected chi connectivity index (χ2v) is 8.63. The zero-order valence-corrected chi connectivity index (χ0v) is 18.7. The summed E-state index contributed by atoms with van der Waals surface area (Å²) in [5.41, 5.74) is 1.37. The maximum Gasteiger partial charge on any atom is 0.261 e. The predicted octanol–water partition coefficient (Wildman–Crippen LogP) is 2.57. The highest BCUT2D eigenvalue weighted by molar-refractivity contribution is 7.92. The van der Waals surface area contributed by atoms with E-state index in [2.05, 4.69) is 5.32 Å². The highest BCUT2D eigenvalue weighted by Gasteiger charge is 2.16. The lowest BCUT2D eigenvalue weighted by atomic mass is 10.2. The third-order valence-electron chi connectivity index (χ3n) is 4.37. The van der Waals surface area contributed by atoms with Gasteiger partial charge in [-0.05, 0) is 55.8 Å². The second kappa shape index (κ2) is 10.2. The minimum Gasteiger partial charge on any atom is -0.493 e. The standard InChI is InChI=1S/C21H28N2O6S/c1-6-28-20-13-16(7-12-19(20)27-4)14-22-21(24)15(2)29-18-10-8-17(9-11-18)23(3)30(5,25)26/h7-13,15H,6,14H2,1-5H3,(H,22,24). The van der Waals surface area contributed by atoms with E-state index >= 15 is 0 Å². The summed E-state index contributed by atoms with van der Waals surface area (Å²) in [4.78, 5) is 12.4. The van der Waals surface area contributed by atoms with E-state index in [1.165, 1.54) is 7.05 Å². The quantitative estimate of drug-likeness (QED) is 0.615. The Morgan fingerprint density at radius 3 is 2.37 bits per heavy atom. The van der Waals surface area contributed by atoms with Gasteiger partial charge in [0.1, 0.15) is 5.75 Å². The van der Waals surface area contributed by atoms with Crippen molar-refractivity contribution in [2.45, 2.75) is 26.5 Å². The predicted molar refractivity (Wildman–Crippen MR) is 116 cm³/mol. The molecule has 0 spiro atoms. The Balaban J connectivity index is 1.94. The number of carbonyl (C=O) groups is 1. The number of anilines is 1. The molecule has 0 saturated carbocycles. The highest BCUT2D eigenvalue weighted by Crippen LogP contribution is 2.28. The normalized spacial score (nSPS) is 12.0. The number of nitrogens with one attached hydrogen (secondary N) is 1. The van der Waals surface area contributed by atoms with E-state index in [0.29, 0.717) is 36.1 Å². The summed E-state index contributed by atoms with van der Waals surface area (Å²) >= 11 is 0. The van der Waals surface area contributed by atoms with Gasteiger partial charge in [0.2, 0.25) is 10.0 Å². The number of hydrogen-bond donors (Lipinski definition) is 1. The number of ether oxygens (including phenoxy) is 3. The first kappa shape index (κ1) is 23.3. The molecule has 1 unspecified atom stereocenters. The van der Waals surface area contributed by atoms with Gasteiger partial charge < -0.3 is 19.5 Å². The van der Waals surface area contributed by atoms with E-state index in [1.54, 1.807) is 44.4 Å². The van der Waals surface area contributed by atoms with Crippen LogP contribution in [0.4, 0.5) is 5.69 Å². The Kier molecular flexibility index (Phi) is 7.93. The van der Waals surface area contributed by atoms with Crippen molar-refractivity contribution < 1.29 is 27.4 Å². The molecule has 1 N–H and O–H groups in total. The molecule has 2 rings (SSSR count). The topological polar surface area (TPSA) is 94.2 Å². The number of hydrogen-bond acceptors (Lipinski definition) is 6. The fourth-order valence-electron chi connectivity index (χ4n) is 2.62. The summed E-state index contributed by atoms with van der Waals surface area (Å²) in [7, 11) is -0.296. The van der Waals surface area contributed by atoms with Gasteiger partial charge in [-0.2, -0.15) is 0 Å². The van der Waals surface area contributed by atoms with Gasteiger partial charge in [0, 0.05) is 13.6 Å². The molecule has 0 fully saturated rings. The Labute approximate surface area is 177 Å². The first-order valence-electron chi connectivity index (χ1n) is 9.43. The van der Waals surface area contributed by atoms with Gasteiger partial charge in [0.25, 0.3) is 5.91 Å². The molecule has 164 valence electrons. The fraction of sp³-hybridized carbons (Fsp3) is 0.381. The minimum absolute atomic E-state index is 0.277. The van der Waals surface area contributed by atoms with Crippen molar-refractivity contribution in [3.05, 3.63) is 48.0 Å². The maximum atomic E-state index is 12.4. The van der Waals surface area contributed by atoms with E-state index in [-0.39, 0.29) is 5.91 Å². The molecule has 9 heteroatoms. The van der Waals surface area contributed by atoms with E-state index < -0.39 is 16.1 Å². The zero-order chi connectivity index (χ0) is 22.3. The van der Waals surface area contributed by atoms with Crippen molar-refractivity contribution in [1.29, 1.82) is 0 Å². The van der Waals surface area contributed by atoms with Crippen molar-refractivity contribution in [3.63, 3.8) is 0 Å².